The van der Waals surface area contributed by atoms with Gasteiger partial charge in [-0.2, -0.15) is 11.8 Å². The van der Waals surface area contributed by atoms with Crippen molar-refractivity contribution in [2.45, 2.75) is 12.8 Å². The second-order valence-corrected chi connectivity index (χ2v) is 4.78. The maximum atomic E-state index is 5.82. The number of anilines is 1. The lowest BCUT2D eigenvalue weighted by Gasteiger charge is -2.09. The molecule has 3 N–H and O–H groups in total. The van der Waals surface area contributed by atoms with Crippen molar-refractivity contribution in [1.82, 2.24) is 0 Å². The minimum atomic E-state index is 0.434. The first-order valence-electron chi connectivity index (χ1n) is 5.97. The molecule has 0 fully saturated rings. The molecule has 0 saturated heterocycles. The molecular weight excluding hydrogens is 246 g/mol. The van der Waals surface area contributed by atoms with E-state index in [2.05, 4.69) is 16.6 Å². The van der Waals surface area contributed by atoms with Crippen molar-refractivity contribution >= 4 is 23.4 Å². The Morgan fingerprint density at radius 2 is 2.17 bits per heavy atom. The van der Waals surface area contributed by atoms with Crippen LogP contribution in [0.2, 0.25) is 0 Å². The van der Waals surface area contributed by atoms with Crippen molar-refractivity contribution in [2.75, 3.05) is 31.0 Å². The Labute approximate surface area is 113 Å². The molecule has 0 spiro atoms. The van der Waals surface area contributed by atoms with E-state index in [4.69, 9.17) is 10.5 Å². The van der Waals surface area contributed by atoms with E-state index in [1.54, 1.807) is 7.11 Å². The van der Waals surface area contributed by atoms with E-state index in [0.29, 0.717) is 5.96 Å². The van der Waals surface area contributed by atoms with Gasteiger partial charge in [0, 0.05) is 6.54 Å². The van der Waals surface area contributed by atoms with Crippen LogP contribution >= 0.6 is 11.8 Å². The van der Waals surface area contributed by atoms with Gasteiger partial charge >= 0.3 is 0 Å². The molecule has 18 heavy (non-hydrogen) atoms. The molecule has 0 heterocycles. The van der Waals surface area contributed by atoms with E-state index >= 15 is 0 Å². The standard InChI is InChI=1S/C13H21N3OS/c1-17-12-8-4-3-7-11(12)16-13(14)15-9-5-6-10-18-2/h3-4,7-8H,5-6,9-10H2,1-2H3,(H3,14,15,16). The third-order valence-electron chi connectivity index (χ3n) is 2.41. The van der Waals surface area contributed by atoms with Crippen LogP contribution in [0, 0.1) is 0 Å². The fraction of sp³-hybridized carbons (Fsp3) is 0.462. The number of nitrogens with zero attached hydrogens (tertiary/aromatic N) is 1. The molecule has 0 aliphatic carbocycles. The molecule has 1 rings (SSSR count). The van der Waals surface area contributed by atoms with Crippen LogP contribution in [0.3, 0.4) is 0 Å². The number of thioether (sulfide) groups is 1. The van der Waals surface area contributed by atoms with E-state index in [9.17, 15) is 0 Å². The van der Waals surface area contributed by atoms with Crippen LogP contribution in [-0.2, 0) is 0 Å². The molecular formula is C13H21N3OS. The van der Waals surface area contributed by atoms with E-state index in [1.807, 2.05) is 36.0 Å². The van der Waals surface area contributed by atoms with Crippen molar-refractivity contribution in [1.29, 1.82) is 0 Å². The lowest BCUT2D eigenvalue weighted by atomic mass is 10.3. The highest BCUT2D eigenvalue weighted by Gasteiger charge is 2.01. The lowest BCUT2D eigenvalue weighted by molar-refractivity contribution is 0.417. The Balaban J connectivity index is 2.43. The van der Waals surface area contributed by atoms with Crippen molar-refractivity contribution in [2.24, 2.45) is 10.7 Å². The summed E-state index contributed by atoms with van der Waals surface area (Å²) in [4.78, 5) is 4.29. The first-order chi connectivity index (χ1) is 8.77. The van der Waals surface area contributed by atoms with Crippen LogP contribution in [0.1, 0.15) is 12.8 Å². The Bertz CT molecular complexity index is 382. The maximum absolute atomic E-state index is 5.82. The fourth-order valence-corrected chi connectivity index (χ4v) is 1.98. The van der Waals surface area contributed by atoms with Gasteiger partial charge in [0.15, 0.2) is 5.96 Å². The zero-order valence-corrected chi connectivity index (χ0v) is 11.8. The molecule has 0 amide bonds. The summed E-state index contributed by atoms with van der Waals surface area (Å²) in [7, 11) is 1.64. The molecule has 100 valence electrons. The number of hydrogen-bond acceptors (Lipinski definition) is 3. The number of guanidine groups is 1. The molecule has 0 aromatic heterocycles. The predicted octanol–water partition coefficient (Wildman–Crippen LogP) is 2.57. The molecule has 0 aliphatic rings. The Hall–Kier alpha value is -1.36. The summed E-state index contributed by atoms with van der Waals surface area (Å²) >= 11 is 1.86. The summed E-state index contributed by atoms with van der Waals surface area (Å²) in [5, 5.41) is 3.05. The number of ether oxygens (including phenoxy) is 1. The molecule has 4 nitrogen and oxygen atoms in total. The topological polar surface area (TPSA) is 59.6 Å². The molecule has 0 saturated carbocycles. The van der Waals surface area contributed by atoms with Gasteiger partial charge in [-0.25, -0.2) is 0 Å². The SMILES string of the molecule is COc1ccccc1NC(N)=NCCCCSC. The summed E-state index contributed by atoms with van der Waals surface area (Å²) in [5.74, 6) is 2.37. The molecule has 0 atom stereocenters. The van der Waals surface area contributed by atoms with Gasteiger partial charge in [0.1, 0.15) is 5.75 Å². The van der Waals surface area contributed by atoms with E-state index in [1.165, 1.54) is 12.2 Å². The van der Waals surface area contributed by atoms with Crippen molar-refractivity contribution < 1.29 is 4.74 Å². The minimum absolute atomic E-state index is 0.434. The monoisotopic (exact) mass is 267 g/mol. The second-order valence-electron chi connectivity index (χ2n) is 3.79. The smallest absolute Gasteiger partial charge is 0.193 e. The molecule has 1 aromatic carbocycles. The number of benzene rings is 1. The zero-order valence-electron chi connectivity index (χ0n) is 11.0. The summed E-state index contributed by atoms with van der Waals surface area (Å²) in [6.45, 7) is 0.758. The molecule has 0 unspecified atom stereocenters. The number of nitrogens with one attached hydrogen (secondary N) is 1. The van der Waals surface area contributed by atoms with Gasteiger partial charge in [0.2, 0.25) is 0 Å². The summed E-state index contributed by atoms with van der Waals surface area (Å²) in [6, 6.07) is 7.64. The van der Waals surface area contributed by atoms with Gasteiger partial charge in [0.05, 0.1) is 12.8 Å². The highest BCUT2D eigenvalue weighted by Crippen LogP contribution is 2.22. The number of nitrogens with two attached hydrogens (primary N) is 1. The average Bonchev–Trinajstić information content (AvgIpc) is 2.39. The number of unbranched alkanes of at least 4 members (excludes halogenated alkanes) is 1. The Morgan fingerprint density at radius 1 is 1.39 bits per heavy atom. The lowest BCUT2D eigenvalue weighted by Crippen LogP contribution is -2.23. The summed E-state index contributed by atoms with van der Waals surface area (Å²) < 4.78 is 5.23. The van der Waals surface area contributed by atoms with Gasteiger partial charge in [0.25, 0.3) is 0 Å². The van der Waals surface area contributed by atoms with Gasteiger partial charge in [-0.1, -0.05) is 12.1 Å². The van der Waals surface area contributed by atoms with Gasteiger partial charge in [-0.05, 0) is 37.0 Å². The Morgan fingerprint density at radius 3 is 2.89 bits per heavy atom. The van der Waals surface area contributed by atoms with E-state index in [0.717, 1.165) is 24.4 Å². The third kappa shape index (κ3) is 5.31. The normalized spacial score (nSPS) is 11.3. The second kappa shape index (κ2) is 8.69. The molecule has 0 bridgehead atoms. The highest BCUT2D eigenvalue weighted by molar-refractivity contribution is 7.98. The van der Waals surface area contributed by atoms with Crippen molar-refractivity contribution in [3.63, 3.8) is 0 Å². The van der Waals surface area contributed by atoms with Crippen molar-refractivity contribution in [3.8, 4) is 5.75 Å². The van der Waals surface area contributed by atoms with Crippen LogP contribution in [0.25, 0.3) is 0 Å². The quantitative estimate of drug-likeness (QED) is 0.453. The zero-order chi connectivity index (χ0) is 13.2. The van der Waals surface area contributed by atoms with Crippen LogP contribution in [0.5, 0.6) is 5.75 Å². The minimum Gasteiger partial charge on any atom is -0.495 e. The van der Waals surface area contributed by atoms with Gasteiger partial charge < -0.3 is 15.8 Å². The number of para-hydroxylation sites is 2. The van der Waals surface area contributed by atoms with E-state index < -0.39 is 0 Å². The van der Waals surface area contributed by atoms with Gasteiger partial charge in [-0.3, -0.25) is 4.99 Å². The highest BCUT2D eigenvalue weighted by atomic mass is 32.2. The van der Waals surface area contributed by atoms with Gasteiger partial charge in [-0.15, -0.1) is 0 Å². The van der Waals surface area contributed by atoms with Crippen LogP contribution in [-0.4, -0.2) is 31.6 Å². The predicted molar refractivity (Wildman–Crippen MR) is 80.7 cm³/mol. The first kappa shape index (κ1) is 14.7. The number of methoxy groups -OCH3 is 1. The number of rotatable bonds is 7. The Kier molecular flexibility index (Phi) is 7.10. The van der Waals surface area contributed by atoms with Crippen LogP contribution in [0.4, 0.5) is 5.69 Å². The van der Waals surface area contributed by atoms with Crippen molar-refractivity contribution in [3.05, 3.63) is 24.3 Å². The van der Waals surface area contributed by atoms with Crippen LogP contribution < -0.4 is 15.8 Å². The van der Waals surface area contributed by atoms with Crippen LogP contribution in [0.15, 0.2) is 29.3 Å². The number of hydrogen-bond donors (Lipinski definition) is 2. The fourth-order valence-electron chi connectivity index (χ4n) is 1.48. The first-order valence-corrected chi connectivity index (χ1v) is 7.36. The average molecular weight is 267 g/mol. The summed E-state index contributed by atoms with van der Waals surface area (Å²) in [6.07, 6.45) is 4.35. The number of aliphatic imine (C=N–C) groups is 1. The molecule has 0 aliphatic heterocycles. The molecule has 0 radical (unpaired) electrons. The maximum Gasteiger partial charge on any atom is 0.193 e. The summed E-state index contributed by atoms with van der Waals surface area (Å²) in [5.41, 5.74) is 6.66. The molecule has 1 aromatic rings. The largest absolute Gasteiger partial charge is 0.495 e. The molecule has 5 heteroatoms. The third-order valence-corrected chi connectivity index (χ3v) is 3.11. The van der Waals surface area contributed by atoms with E-state index in [-0.39, 0.29) is 0 Å².